The average molecular weight is 456 g/mol. The molecule has 30 heavy (non-hydrogen) atoms. The predicted octanol–water partition coefficient (Wildman–Crippen LogP) is 1.61. The second-order valence-electron chi connectivity index (χ2n) is 6.36. The highest BCUT2D eigenvalue weighted by molar-refractivity contribution is 7.89. The molecule has 0 saturated carbocycles. The van der Waals surface area contributed by atoms with E-state index in [2.05, 4.69) is 5.32 Å². The molecule has 1 amide bonds. The number of thiophene rings is 1. The number of carbonyl (C=O) groups is 3. The van der Waals surface area contributed by atoms with Crippen LogP contribution in [0.15, 0.2) is 23.1 Å². The van der Waals surface area contributed by atoms with Crippen molar-refractivity contribution in [2.45, 2.75) is 24.2 Å². The summed E-state index contributed by atoms with van der Waals surface area (Å²) in [5.74, 6) is -3.61. The van der Waals surface area contributed by atoms with Crippen LogP contribution in [0.5, 0.6) is 0 Å². The normalized spacial score (nSPS) is 12.9. The van der Waals surface area contributed by atoms with Crippen molar-refractivity contribution in [3.05, 3.63) is 45.6 Å². The molecule has 0 saturated heterocycles. The predicted molar refractivity (Wildman–Crippen MR) is 104 cm³/mol. The van der Waals surface area contributed by atoms with Crippen molar-refractivity contribution in [3.63, 3.8) is 0 Å². The number of anilines is 1. The number of rotatable bonds is 6. The van der Waals surface area contributed by atoms with Gasteiger partial charge in [-0.1, -0.05) is 0 Å². The van der Waals surface area contributed by atoms with Gasteiger partial charge in [-0.05, 0) is 43.0 Å². The number of hydrogen-bond donors (Lipinski definition) is 2. The number of fused-ring (bicyclic) bond motifs is 1. The molecule has 0 spiro atoms. The number of nitrogens with one attached hydrogen (secondary N) is 1. The third-order valence-electron chi connectivity index (χ3n) is 4.38. The third kappa shape index (κ3) is 4.50. The molecule has 0 aliphatic heterocycles. The number of halogens is 1. The number of aryl methyl sites for hydroxylation is 1. The van der Waals surface area contributed by atoms with Crippen LogP contribution in [0, 0.1) is 5.82 Å². The first kappa shape index (κ1) is 21.9. The lowest BCUT2D eigenvalue weighted by Gasteiger charge is -2.09. The molecule has 1 aromatic heterocycles. The van der Waals surface area contributed by atoms with Crippen molar-refractivity contribution in [1.29, 1.82) is 0 Å². The quantitative estimate of drug-likeness (QED) is 0.629. The minimum atomic E-state index is -4.16. The highest BCUT2D eigenvalue weighted by Crippen LogP contribution is 2.39. The molecule has 160 valence electrons. The number of primary sulfonamides is 1. The van der Waals surface area contributed by atoms with Crippen LogP contribution in [0.1, 0.15) is 37.6 Å². The molecule has 0 unspecified atom stereocenters. The molecular formula is C18H17FN2O7S2. The summed E-state index contributed by atoms with van der Waals surface area (Å²) in [6, 6.07) is 2.38. The summed E-state index contributed by atoms with van der Waals surface area (Å²) >= 11 is 1.24. The Morgan fingerprint density at radius 2 is 1.97 bits per heavy atom. The fourth-order valence-electron chi connectivity index (χ4n) is 3.02. The van der Waals surface area contributed by atoms with Crippen LogP contribution in [-0.2, 0) is 37.1 Å². The van der Waals surface area contributed by atoms with Crippen LogP contribution >= 0.6 is 11.3 Å². The molecule has 1 heterocycles. The number of carbonyl (C=O) groups excluding carboxylic acids is 3. The summed E-state index contributed by atoms with van der Waals surface area (Å²) < 4.78 is 46.1. The number of esters is 2. The van der Waals surface area contributed by atoms with Gasteiger partial charge in [-0.25, -0.2) is 27.5 Å². The molecular weight excluding hydrogens is 439 g/mol. The number of benzene rings is 1. The zero-order chi connectivity index (χ0) is 22.1. The maximum atomic E-state index is 13.9. The molecule has 3 rings (SSSR count). The van der Waals surface area contributed by atoms with Crippen LogP contribution in [0.25, 0.3) is 0 Å². The molecule has 1 aliphatic rings. The Labute approximate surface area is 175 Å². The zero-order valence-corrected chi connectivity index (χ0v) is 17.3. The second-order valence-corrected chi connectivity index (χ2v) is 9.03. The summed E-state index contributed by atoms with van der Waals surface area (Å²) in [7, 11) is -2.92. The topological polar surface area (TPSA) is 142 Å². The van der Waals surface area contributed by atoms with E-state index in [1.807, 2.05) is 0 Å². The molecule has 9 nitrogen and oxygen atoms in total. The van der Waals surface area contributed by atoms with Crippen LogP contribution in [-0.4, -0.2) is 40.0 Å². The molecule has 0 fully saturated rings. The molecule has 1 aliphatic carbocycles. The Morgan fingerprint density at radius 3 is 2.63 bits per heavy atom. The van der Waals surface area contributed by atoms with E-state index in [1.165, 1.54) is 18.4 Å². The van der Waals surface area contributed by atoms with Gasteiger partial charge in [0.15, 0.2) is 6.61 Å². The minimum absolute atomic E-state index is 0.279. The Kier molecular flexibility index (Phi) is 6.19. The third-order valence-corrected chi connectivity index (χ3v) is 6.50. The van der Waals surface area contributed by atoms with Crippen molar-refractivity contribution in [3.8, 4) is 0 Å². The average Bonchev–Trinajstić information content (AvgIpc) is 3.25. The monoisotopic (exact) mass is 456 g/mol. The summed E-state index contributed by atoms with van der Waals surface area (Å²) in [6.07, 6.45) is 2.38. The number of ether oxygens (including phenoxy) is 2. The van der Waals surface area contributed by atoms with Gasteiger partial charge in [0.2, 0.25) is 10.0 Å². The first-order valence-corrected chi connectivity index (χ1v) is 11.0. The Morgan fingerprint density at radius 1 is 1.23 bits per heavy atom. The molecule has 3 N–H and O–H groups in total. The molecule has 0 radical (unpaired) electrons. The lowest BCUT2D eigenvalue weighted by Crippen LogP contribution is -2.22. The van der Waals surface area contributed by atoms with Crippen LogP contribution in [0.3, 0.4) is 0 Å². The maximum absolute atomic E-state index is 13.9. The zero-order valence-electron chi connectivity index (χ0n) is 15.7. The summed E-state index contributed by atoms with van der Waals surface area (Å²) in [4.78, 5) is 36.9. The molecule has 12 heteroatoms. The van der Waals surface area contributed by atoms with Crippen molar-refractivity contribution >= 4 is 44.2 Å². The van der Waals surface area contributed by atoms with Gasteiger partial charge >= 0.3 is 11.9 Å². The van der Waals surface area contributed by atoms with E-state index in [1.54, 1.807) is 0 Å². The Hall–Kier alpha value is -2.83. The first-order valence-electron chi connectivity index (χ1n) is 8.64. The lowest BCUT2D eigenvalue weighted by atomic mass is 10.1. The highest BCUT2D eigenvalue weighted by Gasteiger charge is 2.28. The SMILES string of the molecule is COC(=O)c1c(NC(=O)COC(=O)c2cc(S(N)(=O)=O)ccc2F)sc2c1CCC2. The van der Waals surface area contributed by atoms with E-state index in [0.29, 0.717) is 6.42 Å². The van der Waals surface area contributed by atoms with Crippen LogP contribution in [0.2, 0.25) is 0 Å². The summed E-state index contributed by atoms with van der Waals surface area (Å²) in [6.45, 7) is -0.777. The van der Waals surface area contributed by atoms with E-state index in [4.69, 9.17) is 14.6 Å². The molecule has 0 bridgehead atoms. The van der Waals surface area contributed by atoms with Gasteiger partial charge in [0.25, 0.3) is 5.91 Å². The lowest BCUT2D eigenvalue weighted by molar-refractivity contribution is -0.119. The van der Waals surface area contributed by atoms with Crippen molar-refractivity contribution in [2.24, 2.45) is 5.14 Å². The number of methoxy groups -OCH3 is 1. The van der Waals surface area contributed by atoms with Gasteiger partial charge in [-0.2, -0.15) is 0 Å². The van der Waals surface area contributed by atoms with Crippen LogP contribution < -0.4 is 10.5 Å². The van der Waals surface area contributed by atoms with Gasteiger partial charge < -0.3 is 14.8 Å². The van der Waals surface area contributed by atoms with E-state index < -0.39 is 50.8 Å². The number of hydrogen-bond acceptors (Lipinski definition) is 8. The Balaban J connectivity index is 1.70. The fraction of sp³-hybridized carbons (Fsp3) is 0.278. The molecule has 2 aromatic rings. The fourth-order valence-corrected chi connectivity index (χ4v) is 4.85. The largest absolute Gasteiger partial charge is 0.465 e. The maximum Gasteiger partial charge on any atom is 0.341 e. The number of nitrogens with two attached hydrogens (primary N) is 1. The van der Waals surface area contributed by atoms with Gasteiger partial charge in [0, 0.05) is 4.88 Å². The second kappa shape index (κ2) is 8.50. The van der Waals surface area contributed by atoms with Gasteiger partial charge in [-0.3, -0.25) is 4.79 Å². The van der Waals surface area contributed by atoms with Crippen LogP contribution in [0.4, 0.5) is 9.39 Å². The van der Waals surface area contributed by atoms with Crippen molar-refractivity contribution in [1.82, 2.24) is 0 Å². The van der Waals surface area contributed by atoms with Crippen molar-refractivity contribution in [2.75, 3.05) is 19.0 Å². The minimum Gasteiger partial charge on any atom is -0.465 e. The number of sulfonamides is 1. The summed E-state index contributed by atoms with van der Waals surface area (Å²) in [5.41, 5.74) is 0.433. The van der Waals surface area contributed by atoms with Crippen molar-refractivity contribution < 1.29 is 36.7 Å². The van der Waals surface area contributed by atoms with E-state index in [9.17, 15) is 27.2 Å². The summed E-state index contributed by atoms with van der Waals surface area (Å²) in [5, 5.41) is 7.75. The highest BCUT2D eigenvalue weighted by atomic mass is 32.2. The van der Waals surface area contributed by atoms with E-state index in [0.717, 1.165) is 41.5 Å². The van der Waals surface area contributed by atoms with Gasteiger partial charge in [0.05, 0.1) is 23.1 Å². The Bertz CT molecular complexity index is 1140. The molecule has 0 atom stereocenters. The molecule has 1 aromatic carbocycles. The van der Waals surface area contributed by atoms with E-state index >= 15 is 0 Å². The van der Waals surface area contributed by atoms with Gasteiger partial charge in [0.1, 0.15) is 10.8 Å². The standard InChI is InChI=1S/C18H17FN2O7S2/c1-27-18(24)15-10-3-2-4-13(10)29-16(15)21-14(22)8-28-17(23)11-7-9(30(20,25)26)5-6-12(11)19/h5-7H,2-4,8H2,1H3,(H,21,22)(H2,20,25,26). The van der Waals surface area contributed by atoms with E-state index in [-0.39, 0.29) is 10.6 Å². The first-order chi connectivity index (χ1) is 14.1. The smallest absolute Gasteiger partial charge is 0.341 e. The number of amides is 1. The van der Waals surface area contributed by atoms with Gasteiger partial charge in [-0.15, -0.1) is 11.3 Å².